The Morgan fingerprint density at radius 3 is 0.985 bits per heavy atom. The molecule has 4 heteroatoms. The second-order valence-electron chi connectivity index (χ2n) is 19.7. The summed E-state index contributed by atoms with van der Waals surface area (Å²) in [6.07, 6.45) is 79.7. The molecule has 0 heterocycles. The zero-order valence-corrected chi connectivity index (χ0v) is 43.8. The summed E-state index contributed by atoms with van der Waals surface area (Å²) in [6.45, 7) is 4.30. The van der Waals surface area contributed by atoms with Crippen LogP contribution in [0, 0.1) is 0 Å². The van der Waals surface area contributed by atoms with Gasteiger partial charge in [-0.2, -0.15) is 0 Å². The SMILES string of the molecule is CCCCCCC/C=C\C/C=C\CCCCCCCCCCCCCCCCCCCCCCCCCC(=O)NC(CO)C(O)/C=C/CC/C=C/CC/C=C/CCCCCCCCCC. The standard InChI is InChI=1S/C61H113NO3/c1-3-5-7-9-11-13-15-17-19-21-23-24-25-26-27-28-29-30-31-32-33-34-35-36-37-38-39-41-43-45-47-49-51-53-55-57-61(65)62-59(58-63)60(64)56-54-52-50-48-46-44-42-40-22-20-18-16-14-12-10-8-6-4-2/h15,17,21-23,40,46,48,54,56,59-60,63-64H,3-14,16,18-20,24-39,41-45,47,49-53,55,57-58H2,1-2H3,(H,62,65)/b17-15-,23-21-,40-22+,48-46+,56-54+. The van der Waals surface area contributed by atoms with E-state index in [0.29, 0.717) is 6.42 Å². The summed E-state index contributed by atoms with van der Waals surface area (Å²) < 4.78 is 0. The molecule has 2 atom stereocenters. The smallest absolute Gasteiger partial charge is 0.220 e. The summed E-state index contributed by atoms with van der Waals surface area (Å²) in [7, 11) is 0. The van der Waals surface area contributed by atoms with Crippen LogP contribution in [0.15, 0.2) is 60.8 Å². The van der Waals surface area contributed by atoms with Crippen molar-refractivity contribution >= 4 is 5.91 Å². The van der Waals surface area contributed by atoms with Crippen molar-refractivity contribution in [1.29, 1.82) is 0 Å². The minimum Gasteiger partial charge on any atom is -0.394 e. The molecule has 0 aliphatic carbocycles. The first kappa shape index (κ1) is 63.1. The van der Waals surface area contributed by atoms with Gasteiger partial charge in [0.25, 0.3) is 0 Å². The monoisotopic (exact) mass is 908 g/mol. The van der Waals surface area contributed by atoms with Crippen molar-refractivity contribution in [3.8, 4) is 0 Å². The number of allylic oxidation sites excluding steroid dienone is 9. The maximum absolute atomic E-state index is 12.5. The Morgan fingerprint density at radius 1 is 0.369 bits per heavy atom. The van der Waals surface area contributed by atoms with Crippen molar-refractivity contribution in [1.82, 2.24) is 5.32 Å². The zero-order valence-electron chi connectivity index (χ0n) is 43.8. The normalized spacial score (nSPS) is 13.2. The summed E-state index contributed by atoms with van der Waals surface area (Å²) in [5, 5.41) is 23.1. The average Bonchev–Trinajstić information content (AvgIpc) is 3.31. The van der Waals surface area contributed by atoms with Crippen LogP contribution in [0.25, 0.3) is 0 Å². The highest BCUT2D eigenvalue weighted by atomic mass is 16.3. The van der Waals surface area contributed by atoms with Gasteiger partial charge in [-0.15, -0.1) is 0 Å². The van der Waals surface area contributed by atoms with Gasteiger partial charge in [0.05, 0.1) is 18.8 Å². The molecule has 2 unspecified atom stereocenters. The van der Waals surface area contributed by atoms with Gasteiger partial charge in [0.15, 0.2) is 0 Å². The van der Waals surface area contributed by atoms with Gasteiger partial charge >= 0.3 is 0 Å². The number of nitrogens with one attached hydrogen (secondary N) is 1. The van der Waals surface area contributed by atoms with Crippen LogP contribution >= 0.6 is 0 Å². The summed E-state index contributed by atoms with van der Waals surface area (Å²) >= 11 is 0. The highest BCUT2D eigenvalue weighted by Crippen LogP contribution is 2.17. The van der Waals surface area contributed by atoms with Crippen LogP contribution in [-0.2, 0) is 4.79 Å². The lowest BCUT2D eigenvalue weighted by Crippen LogP contribution is -2.45. The number of unbranched alkanes of at least 4 members (excludes halogenated alkanes) is 38. The molecule has 0 fully saturated rings. The molecule has 0 aromatic rings. The average molecular weight is 909 g/mol. The molecule has 0 aliphatic rings. The van der Waals surface area contributed by atoms with Crippen molar-refractivity contribution in [3.63, 3.8) is 0 Å². The molecule has 1 amide bonds. The molecular weight excluding hydrogens is 795 g/mol. The molecule has 0 spiro atoms. The predicted octanol–water partition coefficient (Wildman–Crippen LogP) is 19.2. The van der Waals surface area contributed by atoms with E-state index in [2.05, 4.69) is 67.8 Å². The van der Waals surface area contributed by atoms with Crippen molar-refractivity contribution < 1.29 is 15.0 Å². The Hall–Kier alpha value is -1.91. The summed E-state index contributed by atoms with van der Waals surface area (Å²) in [5.74, 6) is -0.0743. The molecule has 0 bridgehead atoms. The van der Waals surface area contributed by atoms with E-state index in [1.54, 1.807) is 6.08 Å². The van der Waals surface area contributed by atoms with E-state index in [0.717, 1.165) is 44.9 Å². The van der Waals surface area contributed by atoms with E-state index in [4.69, 9.17) is 0 Å². The van der Waals surface area contributed by atoms with Gasteiger partial charge in [0, 0.05) is 6.42 Å². The molecule has 0 saturated carbocycles. The van der Waals surface area contributed by atoms with Gasteiger partial charge < -0.3 is 15.5 Å². The van der Waals surface area contributed by atoms with E-state index in [1.807, 2.05) is 6.08 Å². The maximum Gasteiger partial charge on any atom is 0.220 e. The Morgan fingerprint density at radius 2 is 0.646 bits per heavy atom. The van der Waals surface area contributed by atoms with Crippen LogP contribution in [0.4, 0.5) is 0 Å². The van der Waals surface area contributed by atoms with Crippen LogP contribution in [0.5, 0.6) is 0 Å². The van der Waals surface area contributed by atoms with Gasteiger partial charge in [-0.1, -0.05) is 280 Å². The van der Waals surface area contributed by atoms with Crippen LogP contribution in [-0.4, -0.2) is 34.9 Å². The van der Waals surface area contributed by atoms with Crippen molar-refractivity contribution in [2.75, 3.05) is 6.61 Å². The summed E-state index contributed by atoms with van der Waals surface area (Å²) in [5.41, 5.74) is 0. The highest BCUT2D eigenvalue weighted by Gasteiger charge is 2.18. The number of hydrogen-bond acceptors (Lipinski definition) is 3. The Labute approximate surface area is 406 Å². The Kier molecular flexibility index (Phi) is 54.8. The van der Waals surface area contributed by atoms with Crippen molar-refractivity contribution in [2.24, 2.45) is 0 Å². The zero-order chi connectivity index (χ0) is 47.0. The fraction of sp³-hybridized carbons (Fsp3) is 0.820. The lowest BCUT2D eigenvalue weighted by atomic mass is 10.0. The maximum atomic E-state index is 12.5. The third-order valence-electron chi connectivity index (χ3n) is 13.2. The molecule has 0 saturated heterocycles. The van der Waals surface area contributed by atoms with Crippen LogP contribution < -0.4 is 5.32 Å². The minimum atomic E-state index is -0.870. The van der Waals surface area contributed by atoms with E-state index >= 15 is 0 Å². The Bertz CT molecular complexity index is 1070. The molecule has 0 aromatic carbocycles. The quantitative estimate of drug-likeness (QED) is 0.0421. The number of carbonyl (C=O) groups is 1. The molecule has 4 nitrogen and oxygen atoms in total. The van der Waals surface area contributed by atoms with Gasteiger partial charge in [-0.3, -0.25) is 4.79 Å². The van der Waals surface area contributed by atoms with E-state index in [9.17, 15) is 15.0 Å². The van der Waals surface area contributed by atoms with Crippen LogP contribution in [0.1, 0.15) is 303 Å². The number of aliphatic hydroxyl groups excluding tert-OH is 2. The van der Waals surface area contributed by atoms with E-state index in [1.165, 1.54) is 238 Å². The molecular formula is C61H113NO3. The van der Waals surface area contributed by atoms with E-state index < -0.39 is 12.1 Å². The number of rotatable bonds is 53. The second-order valence-corrected chi connectivity index (χ2v) is 19.7. The third kappa shape index (κ3) is 52.9. The largest absolute Gasteiger partial charge is 0.394 e. The van der Waals surface area contributed by atoms with Gasteiger partial charge in [-0.25, -0.2) is 0 Å². The lowest BCUT2D eigenvalue weighted by Gasteiger charge is -2.19. The lowest BCUT2D eigenvalue weighted by molar-refractivity contribution is -0.123. The fourth-order valence-electron chi connectivity index (χ4n) is 8.77. The van der Waals surface area contributed by atoms with E-state index in [-0.39, 0.29) is 12.5 Å². The van der Waals surface area contributed by atoms with Gasteiger partial charge in [-0.05, 0) is 77.0 Å². The van der Waals surface area contributed by atoms with Crippen LogP contribution in [0.3, 0.4) is 0 Å². The third-order valence-corrected chi connectivity index (χ3v) is 13.2. The predicted molar refractivity (Wildman–Crippen MR) is 290 cm³/mol. The molecule has 65 heavy (non-hydrogen) atoms. The van der Waals surface area contributed by atoms with Crippen LogP contribution in [0.2, 0.25) is 0 Å². The number of hydrogen-bond donors (Lipinski definition) is 3. The van der Waals surface area contributed by atoms with Gasteiger partial charge in [0.1, 0.15) is 0 Å². The molecule has 0 radical (unpaired) electrons. The molecule has 3 N–H and O–H groups in total. The Balaban J connectivity index is 3.47. The number of carbonyl (C=O) groups excluding carboxylic acids is 1. The first-order valence-electron chi connectivity index (χ1n) is 29.0. The number of aliphatic hydroxyl groups is 2. The molecule has 380 valence electrons. The summed E-state index contributed by atoms with van der Waals surface area (Å²) in [4.78, 5) is 12.5. The first-order valence-corrected chi connectivity index (χ1v) is 29.0. The second kappa shape index (κ2) is 56.4. The molecule has 0 rings (SSSR count). The number of amides is 1. The van der Waals surface area contributed by atoms with Crippen molar-refractivity contribution in [2.45, 2.75) is 315 Å². The topological polar surface area (TPSA) is 69.6 Å². The summed E-state index contributed by atoms with van der Waals surface area (Å²) in [6, 6.07) is -0.646. The molecule has 0 aromatic heterocycles. The first-order chi connectivity index (χ1) is 32.2. The fourth-order valence-corrected chi connectivity index (χ4v) is 8.77. The highest BCUT2D eigenvalue weighted by molar-refractivity contribution is 5.76. The molecule has 0 aliphatic heterocycles. The van der Waals surface area contributed by atoms with Crippen molar-refractivity contribution in [3.05, 3.63) is 60.8 Å². The van der Waals surface area contributed by atoms with Gasteiger partial charge in [0.2, 0.25) is 5.91 Å². The minimum absolute atomic E-state index is 0.0743.